The number of likely N-dealkylation sites (tertiary alicyclic amines) is 1. The lowest BCUT2D eigenvalue weighted by Gasteiger charge is -2.21. The number of amides is 1. The summed E-state index contributed by atoms with van der Waals surface area (Å²) in [4.78, 5) is 12.6. The highest BCUT2D eigenvalue weighted by Gasteiger charge is 2.30. The molecule has 1 saturated heterocycles. The van der Waals surface area contributed by atoms with Gasteiger partial charge in [0, 0.05) is 12.6 Å². The first-order chi connectivity index (χ1) is 5.65. The summed E-state index contributed by atoms with van der Waals surface area (Å²) in [6.07, 6.45) is 0.963. The Morgan fingerprint density at radius 1 is 1.75 bits per heavy atom. The van der Waals surface area contributed by atoms with Crippen molar-refractivity contribution < 1.29 is 9.90 Å². The maximum absolute atomic E-state index is 10.6. The summed E-state index contributed by atoms with van der Waals surface area (Å²) >= 11 is 0. The molecule has 1 rings (SSSR count). The van der Waals surface area contributed by atoms with Gasteiger partial charge in [0.1, 0.15) is 0 Å². The van der Waals surface area contributed by atoms with Crippen molar-refractivity contribution in [3.8, 4) is 0 Å². The summed E-state index contributed by atoms with van der Waals surface area (Å²) in [5.74, 6) is 0.0183. The molecule has 1 heterocycles. The van der Waals surface area contributed by atoms with Crippen LogP contribution in [0.1, 0.15) is 13.3 Å². The van der Waals surface area contributed by atoms with Gasteiger partial charge in [-0.3, -0.25) is 9.69 Å². The van der Waals surface area contributed by atoms with Gasteiger partial charge in [-0.2, -0.15) is 0 Å². The van der Waals surface area contributed by atoms with E-state index in [0.717, 1.165) is 13.0 Å². The van der Waals surface area contributed by atoms with Gasteiger partial charge in [-0.15, -0.1) is 0 Å². The second kappa shape index (κ2) is 3.87. The number of nitrogens with zero attached hydrogens (tertiary/aromatic N) is 1. The van der Waals surface area contributed by atoms with E-state index in [4.69, 9.17) is 10.8 Å². The Morgan fingerprint density at radius 2 is 2.42 bits per heavy atom. The monoisotopic (exact) mass is 172 g/mol. The van der Waals surface area contributed by atoms with Crippen molar-refractivity contribution in [3.05, 3.63) is 0 Å². The number of aliphatic hydroxyl groups is 1. The van der Waals surface area contributed by atoms with Crippen LogP contribution < -0.4 is 5.73 Å². The average molecular weight is 172 g/mol. The Morgan fingerprint density at radius 3 is 2.83 bits per heavy atom. The zero-order valence-electron chi connectivity index (χ0n) is 7.36. The molecule has 1 aliphatic heterocycles. The number of hydrogen-bond donors (Lipinski definition) is 2. The molecule has 2 atom stereocenters. The van der Waals surface area contributed by atoms with Crippen LogP contribution >= 0.6 is 0 Å². The van der Waals surface area contributed by atoms with Crippen molar-refractivity contribution in [2.24, 2.45) is 11.7 Å². The van der Waals surface area contributed by atoms with Crippen LogP contribution in [0.3, 0.4) is 0 Å². The predicted octanol–water partition coefficient (Wildman–Crippen LogP) is -0.826. The van der Waals surface area contributed by atoms with Gasteiger partial charge in [-0.1, -0.05) is 0 Å². The second-order valence-electron chi connectivity index (χ2n) is 3.41. The lowest BCUT2D eigenvalue weighted by atomic mass is 10.0. The van der Waals surface area contributed by atoms with Gasteiger partial charge in [-0.05, 0) is 25.8 Å². The van der Waals surface area contributed by atoms with E-state index in [1.54, 1.807) is 0 Å². The highest BCUT2D eigenvalue weighted by molar-refractivity contribution is 5.76. The standard InChI is InChI=1S/C8H16N2O2/c1-6-7(5-11)2-3-10(6)4-8(9)12/h6-7,11H,2-5H2,1H3,(H2,9,12)/t6-,7+/m0/s1. The quantitative estimate of drug-likeness (QED) is 0.584. The maximum atomic E-state index is 10.6. The zero-order valence-corrected chi connectivity index (χ0v) is 7.36. The third-order valence-corrected chi connectivity index (χ3v) is 2.64. The Hall–Kier alpha value is -0.610. The molecule has 0 aromatic rings. The normalized spacial score (nSPS) is 30.8. The zero-order chi connectivity index (χ0) is 9.14. The van der Waals surface area contributed by atoms with E-state index in [2.05, 4.69) is 0 Å². The smallest absolute Gasteiger partial charge is 0.231 e. The number of nitrogens with two attached hydrogens (primary N) is 1. The van der Waals surface area contributed by atoms with Crippen LogP contribution in [0, 0.1) is 5.92 Å². The first-order valence-electron chi connectivity index (χ1n) is 4.28. The summed E-state index contributed by atoms with van der Waals surface area (Å²) in [5, 5.41) is 8.95. The fraction of sp³-hybridized carbons (Fsp3) is 0.875. The van der Waals surface area contributed by atoms with Crippen LogP contribution in [-0.2, 0) is 4.79 Å². The van der Waals surface area contributed by atoms with Crippen molar-refractivity contribution in [1.29, 1.82) is 0 Å². The Kier molecular flexibility index (Phi) is 3.05. The van der Waals surface area contributed by atoms with Crippen LogP contribution in [0.5, 0.6) is 0 Å². The van der Waals surface area contributed by atoms with Crippen molar-refractivity contribution in [2.45, 2.75) is 19.4 Å². The second-order valence-corrected chi connectivity index (χ2v) is 3.41. The SMILES string of the molecule is C[C@H]1[C@@H](CO)CCN1CC(N)=O. The van der Waals surface area contributed by atoms with Gasteiger partial charge in [-0.25, -0.2) is 0 Å². The summed E-state index contributed by atoms with van der Waals surface area (Å²) in [6, 6.07) is 0.280. The average Bonchev–Trinajstić information content (AvgIpc) is 2.32. The van der Waals surface area contributed by atoms with Crippen molar-refractivity contribution in [3.63, 3.8) is 0 Å². The van der Waals surface area contributed by atoms with Gasteiger partial charge >= 0.3 is 0 Å². The van der Waals surface area contributed by atoms with E-state index in [0.29, 0.717) is 12.5 Å². The molecule has 0 aromatic carbocycles. The number of carbonyl (C=O) groups excluding carboxylic acids is 1. The van der Waals surface area contributed by atoms with E-state index >= 15 is 0 Å². The number of carbonyl (C=O) groups is 1. The van der Waals surface area contributed by atoms with E-state index in [1.807, 2.05) is 11.8 Å². The molecule has 0 unspecified atom stereocenters. The summed E-state index contributed by atoms with van der Waals surface area (Å²) in [7, 11) is 0. The molecule has 1 fully saturated rings. The molecule has 0 bridgehead atoms. The largest absolute Gasteiger partial charge is 0.396 e. The van der Waals surface area contributed by atoms with Crippen LogP contribution in [0.4, 0.5) is 0 Å². The molecule has 4 heteroatoms. The summed E-state index contributed by atoms with van der Waals surface area (Å²) in [6.45, 7) is 3.42. The molecule has 4 nitrogen and oxygen atoms in total. The Balaban J connectivity index is 2.43. The highest BCUT2D eigenvalue weighted by Crippen LogP contribution is 2.22. The number of rotatable bonds is 3. The van der Waals surface area contributed by atoms with E-state index in [-0.39, 0.29) is 18.6 Å². The van der Waals surface area contributed by atoms with Crippen molar-refractivity contribution in [2.75, 3.05) is 19.7 Å². The fourth-order valence-electron chi connectivity index (χ4n) is 1.74. The van der Waals surface area contributed by atoms with Crippen LogP contribution in [0.15, 0.2) is 0 Å². The third kappa shape index (κ3) is 1.95. The van der Waals surface area contributed by atoms with E-state index in [1.165, 1.54) is 0 Å². The van der Waals surface area contributed by atoms with Gasteiger partial charge < -0.3 is 10.8 Å². The molecule has 3 N–H and O–H groups in total. The Bertz CT molecular complexity index is 172. The number of hydrogen-bond acceptors (Lipinski definition) is 3. The molecule has 12 heavy (non-hydrogen) atoms. The molecule has 1 amide bonds. The molecule has 0 radical (unpaired) electrons. The fourth-order valence-corrected chi connectivity index (χ4v) is 1.74. The molecule has 0 aliphatic carbocycles. The number of aliphatic hydroxyl groups excluding tert-OH is 1. The highest BCUT2D eigenvalue weighted by atomic mass is 16.3. The van der Waals surface area contributed by atoms with E-state index in [9.17, 15) is 4.79 Å². The molecule has 0 saturated carbocycles. The molecule has 0 spiro atoms. The molecule has 70 valence electrons. The third-order valence-electron chi connectivity index (χ3n) is 2.64. The van der Waals surface area contributed by atoms with E-state index < -0.39 is 0 Å². The van der Waals surface area contributed by atoms with Gasteiger partial charge in [0.05, 0.1) is 6.54 Å². The first kappa shape index (κ1) is 9.48. The summed E-state index contributed by atoms with van der Waals surface area (Å²) in [5.41, 5.74) is 5.08. The van der Waals surface area contributed by atoms with Crippen LogP contribution in [-0.4, -0.2) is 41.7 Å². The minimum atomic E-state index is -0.291. The van der Waals surface area contributed by atoms with Crippen molar-refractivity contribution >= 4 is 5.91 Å². The Labute approximate surface area is 72.3 Å². The lowest BCUT2D eigenvalue weighted by molar-refractivity contribution is -0.119. The maximum Gasteiger partial charge on any atom is 0.231 e. The first-order valence-corrected chi connectivity index (χ1v) is 4.28. The van der Waals surface area contributed by atoms with Crippen molar-refractivity contribution in [1.82, 2.24) is 4.90 Å². The van der Waals surface area contributed by atoms with Crippen LogP contribution in [0.2, 0.25) is 0 Å². The predicted molar refractivity (Wildman–Crippen MR) is 45.4 cm³/mol. The molecule has 0 aromatic heterocycles. The van der Waals surface area contributed by atoms with Gasteiger partial charge in [0.25, 0.3) is 0 Å². The van der Waals surface area contributed by atoms with Gasteiger partial charge in [0.2, 0.25) is 5.91 Å². The van der Waals surface area contributed by atoms with Gasteiger partial charge in [0.15, 0.2) is 0 Å². The summed E-state index contributed by atoms with van der Waals surface area (Å²) < 4.78 is 0. The lowest BCUT2D eigenvalue weighted by Crippen LogP contribution is -2.37. The minimum Gasteiger partial charge on any atom is -0.396 e. The molecular formula is C8H16N2O2. The van der Waals surface area contributed by atoms with Crippen LogP contribution in [0.25, 0.3) is 0 Å². The minimum absolute atomic E-state index is 0.205. The molecule has 1 aliphatic rings. The topological polar surface area (TPSA) is 66.6 Å². The molecular weight excluding hydrogens is 156 g/mol. The number of primary amides is 1.